The molecule has 0 amide bonds. The van der Waals surface area contributed by atoms with Crippen LogP contribution in [0.15, 0.2) is 34.8 Å². The molecule has 1 heterocycles. The zero-order chi connectivity index (χ0) is 14.7. The van der Waals surface area contributed by atoms with Crippen LogP contribution in [0.3, 0.4) is 0 Å². The third kappa shape index (κ3) is 3.50. The fraction of sp³-hybridized carbons (Fsp3) is 0.375. The average Bonchev–Trinajstić information content (AvgIpc) is 2.72. The second-order valence-corrected chi connectivity index (χ2v) is 7.44. The van der Waals surface area contributed by atoms with Crippen LogP contribution < -0.4 is 5.73 Å². The van der Waals surface area contributed by atoms with Gasteiger partial charge >= 0.3 is 0 Å². The van der Waals surface area contributed by atoms with E-state index in [1.54, 1.807) is 0 Å². The molecule has 20 heavy (non-hydrogen) atoms. The summed E-state index contributed by atoms with van der Waals surface area (Å²) in [7, 11) is 2.14. The van der Waals surface area contributed by atoms with Gasteiger partial charge in [0.05, 0.1) is 0 Å². The summed E-state index contributed by atoms with van der Waals surface area (Å²) >= 11 is 5.46. The van der Waals surface area contributed by atoms with E-state index in [0.29, 0.717) is 6.54 Å². The molecular weight excluding hydrogens is 332 g/mol. The highest BCUT2D eigenvalue weighted by atomic mass is 79.9. The molecular formula is C16H21BrN2S. The molecule has 2 N–H and O–H groups in total. The molecule has 0 aliphatic carbocycles. The number of rotatable bonds is 5. The maximum absolute atomic E-state index is 6.03. The molecule has 4 heteroatoms. The second kappa shape index (κ2) is 6.85. The highest BCUT2D eigenvalue weighted by Gasteiger charge is 2.19. The van der Waals surface area contributed by atoms with Crippen LogP contribution in [0.2, 0.25) is 0 Å². The Hall–Kier alpha value is -0.680. The Labute approximate surface area is 133 Å². The Kier molecular flexibility index (Phi) is 5.38. The number of benzene rings is 1. The van der Waals surface area contributed by atoms with Gasteiger partial charge in [0.2, 0.25) is 0 Å². The van der Waals surface area contributed by atoms with E-state index in [1.807, 2.05) is 17.4 Å². The monoisotopic (exact) mass is 352 g/mol. The van der Waals surface area contributed by atoms with Gasteiger partial charge in [-0.3, -0.25) is 4.90 Å². The number of nitrogens with zero attached hydrogens (tertiary/aromatic N) is 1. The van der Waals surface area contributed by atoms with E-state index in [9.17, 15) is 0 Å². The van der Waals surface area contributed by atoms with Crippen molar-refractivity contribution in [1.29, 1.82) is 0 Å². The quantitative estimate of drug-likeness (QED) is 0.870. The van der Waals surface area contributed by atoms with Gasteiger partial charge in [-0.1, -0.05) is 34.1 Å². The van der Waals surface area contributed by atoms with Gasteiger partial charge in [0.25, 0.3) is 0 Å². The normalized spacial score (nSPS) is 12.9. The molecule has 0 saturated carbocycles. The van der Waals surface area contributed by atoms with E-state index in [1.165, 1.54) is 20.9 Å². The van der Waals surface area contributed by atoms with E-state index in [0.717, 1.165) is 11.0 Å². The number of likely N-dealkylation sites (N-methyl/N-ethyl adjacent to an activating group) is 1. The molecule has 1 atom stereocenters. The van der Waals surface area contributed by atoms with Crippen LogP contribution in [-0.2, 0) is 6.54 Å². The Morgan fingerprint density at radius 2 is 2.00 bits per heavy atom. The van der Waals surface area contributed by atoms with Gasteiger partial charge < -0.3 is 5.73 Å². The van der Waals surface area contributed by atoms with Crippen LogP contribution in [0.25, 0.3) is 0 Å². The van der Waals surface area contributed by atoms with Crippen molar-refractivity contribution in [3.8, 4) is 0 Å². The van der Waals surface area contributed by atoms with Crippen LogP contribution in [0.4, 0.5) is 0 Å². The van der Waals surface area contributed by atoms with Gasteiger partial charge in [0, 0.05) is 33.4 Å². The van der Waals surface area contributed by atoms with Gasteiger partial charge in [-0.2, -0.15) is 0 Å². The lowest BCUT2D eigenvalue weighted by Gasteiger charge is -2.27. The molecule has 0 fully saturated rings. The molecule has 0 radical (unpaired) electrons. The van der Waals surface area contributed by atoms with Gasteiger partial charge in [-0.05, 0) is 44.2 Å². The van der Waals surface area contributed by atoms with Gasteiger partial charge in [0.15, 0.2) is 0 Å². The maximum atomic E-state index is 6.03. The lowest BCUT2D eigenvalue weighted by molar-refractivity contribution is 0.241. The number of halogens is 1. The molecule has 0 aliphatic heterocycles. The molecule has 2 nitrogen and oxygen atoms in total. The van der Waals surface area contributed by atoms with Gasteiger partial charge in [-0.15, -0.1) is 11.3 Å². The third-order valence-corrected chi connectivity index (χ3v) is 5.33. The van der Waals surface area contributed by atoms with Gasteiger partial charge in [-0.25, -0.2) is 0 Å². The van der Waals surface area contributed by atoms with Crippen LogP contribution in [0, 0.1) is 13.8 Å². The zero-order valence-corrected chi connectivity index (χ0v) is 14.6. The van der Waals surface area contributed by atoms with Crippen molar-refractivity contribution in [2.45, 2.75) is 26.4 Å². The minimum atomic E-state index is 0.270. The first-order valence-corrected chi connectivity index (χ1v) is 8.34. The molecule has 1 aromatic carbocycles. The van der Waals surface area contributed by atoms with Crippen molar-refractivity contribution >= 4 is 27.3 Å². The number of aryl methyl sites for hydroxylation is 2. The minimum absolute atomic E-state index is 0.270. The highest BCUT2D eigenvalue weighted by molar-refractivity contribution is 9.10. The summed E-state index contributed by atoms with van der Waals surface area (Å²) in [6.45, 7) is 5.86. The number of hydrogen-bond acceptors (Lipinski definition) is 3. The molecule has 1 aromatic heterocycles. The summed E-state index contributed by atoms with van der Waals surface area (Å²) in [6, 6.07) is 10.9. The summed E-state index contributed by atoms with van der Waals surface area (Å²) in [5.74, 6) is 0. The summed E-state index contributed by atoms with van der Waals surface area (Å²) in [4.78, 5) is 5.05. The fourth-order valence-electron chi connectivity index (χ4n) is 2.53. The van der Waals surface area contributed by atoms with Crippen molar-refractivity contribution in [2.75, 3.05) is 13.6 Å². The highest BCUT2D eigenvalue weighted by Crippen LogP contribution is 2.30. The predicted molar refractivity (Wildman–Crippen MR) is 91.2 cm³/mol. The molecule has 2 aromatic rings. The largest absolute Gasteiger partial charge is 0.329 e. The first-order chi connectivity index (χ1) is 9.52. The molecule has 0 aliphatic rings. The Morgan fingerprint density at radius 1 is 1.30 bits per heavy atom. The molecule has 1 unspecified atom stereocenters. The maximum Gasteiger partial charge on any atom is 0.0481 e. The number of hydrogen-bond donors (Lipinski definition) is 1. The smallest absolute Gasteiger partial charge is 0.0481 e. The number of nitrogens with two attached hydrogens (primary N) is 1. The van der Waals surface area contributed by atoms with Crippen molar-refractivity contribution in [3.63, 3.8) is 0 Å². The fourth-order valence-corrected chi connectivity index (χ4v) is 3.92. The SMILES string of the molecule is Cc1cc(C(CN)N(C)Cc2ccccc2Br)c(C)s1. The molecule has 2 rings (SSSR count). The van der Waals surface area contributed by atoms with Crippen LogP contribution in [0.1, 0.15) is 26.9 Å². The van der Waals surface area contributed by atoms with Crippen molar-refractivity contribution in [2.24, 2.45) is 5.73 Å². The Bertz CT molecular complexity index is 580. The lowest BCUT2D eigenvalue weighted by atomic mass is 10.1. The number of thiophene rings is 1. The summed E-state index contributed by atoms with van der Waals surface area (Å²) in [5, 5.41) is 0. The first kappa shape index (κ1) is 15.7. The molecule has 0 bridgehead atoms. The Morgan fingerprint density at radius 3 is 2.55 bits per heavy atom. The van der Waals surface area contributed by atoms with Crippen molar-refractivity contribution in [3.05, 3.63) is 55.7 Å². The minimum Gasteiger partial charge on any atom is -0.329 e. The van der Waals surface area contributed by atoms with Crippen LogP contribution in [0.5, 0.6) is 0 Å². The van der Waals surface area contributed by atoms with E-state index >= 15 is 0 Å². The Balaban J connectivity index is 2.20. The summed E-state index contributed by atoms with van der Waals surface area (Å²) < 4.78 is 1.15. The third-order valence-electron chi connectivity index (χ3n) is 3.57. The topological polar surface area (TPSA) is 29.3 Å². The summed E-state index contributed by atoms with van der Waals surface area (Å²) in [6.07, 6.45) is 0. The standard InChI is InChI=1S/C16H21BrN2S/c1-11-8-14(12(2)20-11)16(9-18)19(3)10-13-6-4-5-7-15(13)17/h4-8,16H,9-10,18H2,1-3H3. The van der Waals surface area contributed by atoms with Crippen molar-refractivity contribution in [1.82, 2.24) is 4.90 Å². The van der Waals surface area contributed by atoms with E-state index in [4.69, 9.17) is 5.73 Å². The molecule has 0 saturated heterocycles. The lowest BCUT2D eigenvalue weighted by Crippen LogP contribution is -2.30. The second-order valence-electron chi connectivity index (χ2n) is 5.13. The zero-order valence-electron chi connectivity index (χ0n) is 12.2. The van der Waals surface area contributed by atoms with Gasteiger partial charge in [0.1, 0.15) is 0 Å². The predicted octanol–water partition coefficient (Wildman–Crippen LogP) is 4.26. The van der Waals surface area contributed by atoms with Crippen LogP contribution in [-0.4, -0.2) is 18.5 Å². The van der Waals surface area contributed by atoms with E-state index < -0.39 is 0 Å². The van der Waals surface area contributed by atoms with E-state index in [-0.39, 0.29) is 6.04 Å². The van der Waals surface area contributed by atoms with Crippen molar-refractivity contribution < 1.29 is 0 Å². The average molecular weight is 353 g/mol. The molecule has 0 spiro atoms. The van der Waals surface area contributed by atoms with Crippen LogP contribution >= 0.6 is 27.3 Å². The first-order valence-electron chi connectivity index (χ1n) is 6.73. The summed E-state index contributed by atoms with van der Waals surface area (Å²) in [5.41, 5.74) is 8.68. The van der Waals surface area contributed by atoms with E-state index in [2.05, 4.69) is 66.0 Å². The molecule has 108 valence electrons.